The van der Waals surface area contributed by atoms with E-state index in [4.69, 9.17) is 4.74 Å². The number of aliphatic hydroxyl groups excluding tert-OH is 1. The van der Waals surface area contributed by atoms with Gasteiger partial charge in [-0.25, -0.2) is 4.79 Å². The smallest absolute Gasteiger partial charge is 0.333 e. The summed E-state index contributed by atoms with van der Waals surface area (Å²) in [6, 6.07) is 7.71. The SMILES string of the molecule is COc1ccc(C=CC=CC=CC2=CC(=O)OC2O)cc1. The maximum Gasteiger partial charge on any atom is 0.333 e. The minimum Gasteiger partial charge on any atom is -0.497 e. The molecular weight excluding hydrogens is 268 g/mol. The Kier molecular flexibility index (Phi) is 5.12. The number of carbonyl (C=O) groups excluding carboxylic acids is 1. The summed E-state index contributed by atoms with van der Waals surface area (Å²) in [5.41, 5.74) is 1.51. The molecule has 0 spiro atoms. The molecule has 4 nitrogen and oxygen atoms in total. The van der Waals surface area contributed by atoms with Gasteiger partial charge in [-0.2, -0.15) is 0 Å². The Balaban J connectivity index is 1.86. The second-order valence-electron chi connectivity index (χ2n) is 4.31. The highest BCUT2D eigenvalue weighted by Crippen LogP contribution is 2.14. The molecule has 0 aromatic heterocycles. The van der Waals surface area contributed by atoms with Crippen LogP contribution in [0.3, 0.4) is 0 Å². The lowest BCUT2D eigenvalue weighted by Crippen LogP contribution is -2.08. The Morgan fingerprint density at radius 2 is 1.76 bits per heavy atom. The number of hydrogen-bond donors (Lipinski definition) is 1. The Labute approximate surface area is 123 Å². The predicted octanol–water partition coefficient (Wildman–Crippen LogP) is 2.62. The number of esters is 1. The van der Waals surface area contributed by atoms with Crippen LogP contribution in [0.2, 0.25) is 0 Å². The van der Waals surface area contributed by atoms with Crippen molar-refractivity contribution >= 4 is 12.0 Å². The van der Waals surface area contributed by atoms with Crippen LogP contribution in [0, 0.1) is 0 Å². The second kappa shape index (κ2) is 7.26. The van der Waals surface area contributed by atoms with E-state index in [9.17, 15) is 9.90 Å². The van der Waals surface area contributed by atoms with Gasteiger partial charge in [-0.15, -0.1) is 0 Å². The minimum atomic E-state index is -1.16. The number of methoxy groups -OCH3 is 1. The highest BCUT2D eigenvalue weighted by atomic mass is 16.6. The number of ether oxygens (including phenoxy) is 2. The zero-order chi connectivity index (χ0) is 15.1. The zero-order valence-corrected chi connectivity index (χ0v) is 11.6. The van der Waals surface area contributed by atoms with E-state index in [1.54, 1.807) is 25.3 Å². The molecule has 0 aliphatic carbocycles. The van der Waals surface area contributed by atoms with Crippen LogP contribution in [0.5, 0.6) is 5.75 Å². The van der Waals surface area contributed by atoms with Crippen LogP contribution in [0.25, 0.3) is 6.08 Å². The summed E-state index contributed by atoms with van der Waals surface area (Å²) in [5.74, 6) is 0.302. The molecule has 1 aromatic rings. The third-order valence-corrected chi connectivity index (χ3v) is 2.82. The largest absolute Gasteiger partial charge is 0.497 e. The van der Waals surface area contributed by atoms with E-state index >= 15 is 0 Å². The second-order valence-corrected chi connectivity index (χ2v) is 4.31. The maximum atomic E-state index is 10.9. The molecule has 4 heteroatoms. The molecule has 1 aromatic carbocycles. The van der Waals surface area contributed by atoms with Crippen LogP contribution >= 0.6 is 0 Å². The minimum absolute atomic E-state index is 0.448. The molecule has 2 rings (SSSR count). The van der Waals surface area contributed by atoms with Crippen molar-refractivity contribution in [3.05, 3.63) is 71.9 Å². The molecule has 108 valence electrons. The number of benzene rings is 1. The molecule has 0 saturated heterocycles. The Morgan fingerprint density at radius 3 is 2.33 bits per heavy atom. The quantitative estimate of drug-likeness (QED) is 0.667. The van der Waals surface area contributed by atoms with Gasteiger partial charge >= 0.3 is 5.97 Å². The third kappa shape index (κ3) is 4.47. The molecule has 1 unspecified atom stereocenters. The van der Waals surface area contributed by atoms with Crippen LogP contribution in [-0.2, 0) is 9.53 Å². The van der Waals surface area contributed by atoms with Gasteiger partial charge in [0.1, 0.15) is 5.75 Å². The van der Waals surface area contributed by atoms with Crippen molar-refractivity contribution in [2.24, 2.45) is 0 Å². The van der Waals surface area contributed by atoms with Gasteiger partial charge < -0.3 is 14.6 Å². The first-order valence-electron chi connectivity index (χ1n) is 6.45. The van der Waals surface area contributed by atoms with Gasteiger partial charge in [0.05, 0.1) is 7.11 Å². The fourth-order valence-electron chi connectivity index (χ4n) is 1.73. The number of rotatable bonds is 5. The van der Waals surface area contributed by atoms with E-state index in [1.807, 2.05) is 42.5 Å². The predicted molar refractivity (Wildman–Crippen MR) is 80.5 cm³/mol. The topological polar surface area (TPSA) is 55.8 Å². The Hall–Kier alpha value is -2.59. The van der Waals surface area contributed by atoms with E-state index in [2.05, 4.69) is 4.74 Å². The van der Waals surface area contributed by atoms with Crippen molar-refractivity contribution in [1.29, 1.82) is 0 Å². The fourth-order valence-corrected chi connectivity index (χ4v) is 1.73. The van der Waals surface area contributed by atoms with Gasteiger partial charge in [0.2, 0.25) is 6.29 Å². The van der Waals surface area contributed by atoms with E-state index in [-0.39, 0.29) is 0 Å². The zero-order valence-electron chi connectivity index (χ0n) is 11.6. The summed E-state index contributed by atoms with van der Waals surface area (Å²) in [4.78, 5) is 10.9. The molecule has 1 aliphatic rings. The van der Waals surface area contributed by atoms with Gasteiger partial charge in [0.25, 0.3) is 0 Å². The molecule has 0 bridgehead atoms. The van der Waals surface area contributed by atoms with Crippen molar-refractivity contribution in [1.82, 2.24) is 0 Å². The summed E-state index contributed by atoms with van der Waals surface area (Å²) >= 11 is 0. The van der Waals surface area contributed by atoms with Crippen molar-refractivity contribution in [2.75, 3.05) is 7.11 Å². The molecule has 1 N–H and O–H groups in total. The molecule has 1 aliphatic heterocycles. The monoisotopic (exact) mass is 284 g/mol. The van der Waals surface area contributed by atoms with Gasteiger partial charge in [0, 0.05) is 11.6 Å². The Morgan fingerprint density at radius 1 is 1.10 bits per heavy atom. The van der Waals surface area contributed by atoms with Crippen LogP contribution in [0.4, 0.5) is 0 Å². The van der Waals surface area contributed by atoms with E-state index < -0.39 is 12.3 Å². The molecule has 1 atom stereocenters. The van der Waals surface area contributed by atoms with Crippen LogP contribution in [0.15, 0.2) is 66.3 Å². The summed E-state index contributed by atoms with van der Waals surface area (Å²) in [6.07, 6.45) is 11.0. The first kappa shape index (κ1) is 14.8. The van der Waals surface area contributed by atoms with E-state index in [0.717, 1.165) is 11.3 Å². The maximum absolute atomic E-state index is 10.9. The fraction of sp³-hybridized carbons (Fsp3) is 0.118. The third-order valence-electron chi connectivity index (χ3n) is 2.82. The highest BCUT2D eigenvalue weighted by molar-refractivity contribution is 5.86. The molecular formula is C17H16O4. The molecule has 21 heavy (non-hydrogen) atoms. The summed E-state index contributed by atoms with van der Waals surface area (Å²) in [6.45, 7) is 0. The normalized spacial score (nSPS) is 18.7. The average molecular weight is 284 g/mol. The lowest BCUT2D eigenvalue weighted by Gasteiger charge is -2.01. The van der Waals surface area contributed by atoms with Crippen LogP contribution in [-0.4, -0.2) is 24.5 Å². The van der Waals surface area contributed by atoms with Crippen molar-refractivity contribution in [2.45, 2.75) is 6.29 Å². The lowest BCUT2D eigenvalue weighted by atomic mass is 10.2. The van der Waals surface area contributed by atoms with Crippen molar-refractivity contribution in [3.63, 3.8) is 0 Å². The van der Waals surface area contributed by atoms with Crippen LogP contribution in [0.1, 0.15) is 5.56 Å². The highest BCUT2D eigenvalue weighted by Gasteiger charge is 2.20. The number of aliphatic hydroxyl groups is 1. The summed E-state index contributed by atoms with van der Waals surface area (Å²) in [7, 11) is 1.63. The van der Waals surface area contributed by atoms with Crippen molar-refractivity contribution in [3.8, 4) is 5.75 Å². The summed E-state index contributed by atoms with van der Waals surface area (Å²) < 4.78 is 9.64. The molecule has 0 radical (unpaired) electrons. The van der Waals surface area contributed by atoms with Crippen LogP contribution < -0.4 is 4.74 Å². The first-order chi connectivity index (χ1) is 10.2. The van der Waals surface area contributed by atoms with Gasteiger partial charge in [-0.05, 0) is 17.7 Å². The molecule has 0 amide bonds. The lowest BCUT2D eigenvalue weighted by molar-refractivity contribution is -0.150. The van der Waals surface area contributed by atoms with E-state index in [0.29, 0.717) is 5.57 Å². The number of allylic oxidation sites excluding steroid dienone is 4. The van der Waals surface area contributed by atoms with Gasteiger partial charge in [-0.1, -0.05) is 48.6 Å². The van der Waals surface area contributed by atoms with Crippen molar-refractivity contribution < 1.29 is 19.4 Å². The average Bonchev–Trinajstić information content (AvgIpc) is 2.81. The number of cyclic esters (lactones) is 1. The Bertz CT molecular complexity index is 606. The number of carbonyl (C=O) groups is 1. The number of hydrogen-bond acceptors (Lipinski definition) is 4. The first-order valence-corrected chi connectivity index (χ1v) is 6.45. The standard InChI is InChI=1S/C17H16O4/c1-20-15-10-8-13(9-11-15)6-4-2-3-5-7-14-12-16(18)21-17(14)19/h2-12,17,19H,1H3. The van der Waals surface area contributed by atoms with Gasteiger partial charge in [-0.3, -0.25) is 0 Å². The molecule has 0 fully saturated rings. The van der Waals surface area contributed by atoms with Gasteiger partial charge in [0.15, 0.2) is 0 Å². The van der Waals surface area contributed by atoms with E-state index in [1.165, 1.54) is 6.08 Å². The molecule has 1 heterocycles. The summed E-state index contributed by atoms with van der Waals surface area (Å²) in [5, 5.41) is 9.34. The molecule has 0 saturated carbocycles.